The second kappa shape index (κ2) is 4.86. The Labute approximate surface area is 123 Å². The molecule has 0 saturated heterocycles. The van der Waals surface area contributed by atoms with Crippen molar-refractivity contribution in [3.63, 3.8) is 0 Å². The van der Waals surface area contributed by atoms with Crippen LogP contribution in [0.25, 0.3) is 0 Å². The highest BCUT2D eigenvalue weighted by Gasteiger charge is 2.58. The summed E-state index contributed by atoms with van der Waals surface area (Å²) < 4.78 is 0. The summed E-state index contributed by atoms with van der Waals surface area (Å²) in [6, 6.07) is 6.28. The second-order valence-corrected chi connectivity index (χ2v) is 6.57. The maximum atomic E-state index is 11.5. The van der Waals surface area contributed by atoms with Crippen LogP contribution in [0.4, 0.5) is 0 Å². The molecule has 0 heterocycles. The van der Waals surface area contributed by atoms with E-state index in [9.17, 15) is 19.8 Å². The predicted octanol–water partition coefficient (Wildman–Crippen LogP) is 2.83. The fourth-order valence-electron chi connectivity index (χ4n) is 4.43. The van der Waals surface area contributed by atoms with Gasteiger partial charge in [0.05, 0.1) is 11.8 Å². The molecule has 2 N–H and O–H groups in total. The van der Waals surface area contributed by atoms with Gasteiger partial charge in [0.2, 0.25) is 0 Å². The Balaban J connectivity index is 1.93. The van der Waals surface area contributed by atoms with Crippen molar-refractivity contribution in [1.29, 1.82) is 0 Å². The van der Waals surface area contributed by atoms with E-state index in [0.717, 1.165) is 12.8 Å². The van der Waals surface area contributed by atoms with Crippen molar-refractivity contribution in [2.45, 2.75) is 32.6 Å². The van der Waals surface area contributed by atoms with Crippen molar-refractivity contribution in [2.24, 2.45) is 23.7 Å². The summed E-state index contributed by atoms with van der Waals surface area (Å²) in [5, 5.41) is 18.8. The van der Waals surface area contributed by atoms with Gasteiger partial charge in [-0.05, 0) is 61.1 Å². The van der Waals surface area contributed by atoms with E-state index < -0.39 is 23.8 Å². The number of carboxylic acid groups (broad SMARTS) is 2. The van der Waals surface area contributed by atoms with E-state index in [1.54, 1.807) is 0 Å². The number of rotatable bonds is 3. The Morgan fingerprint density at radius 2 is 1.67 bits per heavy atom. The molecule has 2 fully saturated rings. The molecule has 2 aliphatic rings. The fraction of sp³-hybridized carbons (Fsp3) is 0.529. The summed E-state index contributed by atoms with van der Waals surface area (Å²) in [6.45, 7) is 4.11. The van der Waals surface area contributed by atoms with Crippen LogP contribution >= 0.6 is 0 Å². The largest absolute Gasteiger partial charge is 0.481 e. The predicted molar refractivity (Wildman–Crippen MR) is 77.1 cm³/mol. The summed E-state index contributed by atoms with van der Waals surface area (Å²) in [4.78, 5) is 22.9. The summed E-state index contributed by atoms with van der Waals surface area (Å²) in [5.74, 6) is -3.22. The molecule has 0 amide bonds. The Bertz CT molecular complexity index is 607. The van der Waals surface area contributed by atoms with Gasteiger partial charge >= 0.3 is 11.9 Å². The lowest BCUT2D eigenvalue weighted by molar-refractivity contribution is -0.156. The highest BCUT2D eigenvalue weighted by Crippen LogP contribution is 2.58. The molecule has 2 bridgehead atoms. The normalized spacial score (nSPS) is 34.1. The average molecular weight is 288 g/mol. The van der Waals surface area contributed by atoms with Gasteiger partial charge in [0.15, 0.2) is 0 Å². The van der Waals surface area contributed by atoms with Crippen LogP contribution in [0.15, 0.2) is 18.2 Å². The number of aryl methyl sites for hydroxylation is 2. The van der Waals surface area contributed by atoms with Gasteiger partial charge in [0.1, 0.15) is 0 Å². The third-order valence-electron chi connectivity index (χ3n) is 5.53. The minimum atomic E-state index is -0.955. The Morgan fingerprint density at radius 3 is 2.24 bits per heavy atom. The minimum absolute atomic E-state index is 0.000194. The summed E-state index contributed by atoms with van der Waals surface area (Å²) in [7, 11) is 0. The molecule has 1 aromatic carbocycles. The van der Waals surface area contributed by atoms with Crippen molar-refractivity contribution < 1.29 is 19.8 Å². The lowest BCUT2D eigenvalue weighted by Crippen LogP contribution is -2.37. The zero-order valence-corrected chi connectivity index (χ0v) is 12.2. The fourth-order valence-corrected chi connectivity index (χ4v) is 4.43. The molecule has 5 atom stereocenters. The SMILES string of the molecule is Cc1ccc(C2CC3CC2C(C(=O)O)C3C(=O)O)cc1C. The number of aliphatic carboxylic acids is 2. The Morgan fingerprint density at radius 1 is 1.00 bits per heavy atom. The van der Waals surface area contributed by atoms with E-state index in [-0.39, 0.29) is 17.8 Å². The van der Waals surface area contributed by atoms with Gasteiger partial charge in [-0.15, -0.1) is 0 Å². The first-order valence-electron chi connectivity index (χ1n) is 7.43. The number of hydrogen-bond donors (Lipinski definition) is 2. The Kier molecular flexibility index (Phi) is 3.27. The van der Waals surface area contributed by atoms with Gasteiger partial charge < -0.3 is 10.2 Å². The van der Waals surface area contributed by atoms with E-state index in [4.69, 9.17) is 0 Å². The number of benzene rings is 1. The van der Waals surface area contributed by atoms with Crippen LogP contribution in [0.3, 0.4) is 0 Å². The van der Waals surface area contributed by atoms with Crippen molar-refractivity contribution in [3.05, 3.63) is 34.9 Å². The van der Waals surface area contributed by atoms with Crippen LogP contribution in [0.5, 0.6) is 0 Å². The lowest BCUT2D eigenvalue weighted by atomic mass is 9.71. The third-order valence-corrected chi connectivity index (χ3v) is 5.53. The maximum Gasteiger partial charge on any atom is 0.307 e. The van der Waals surface area contributed by atoms with Gasteiger partial charge in [0, 0.05) is 0 Å². The first kappa shape index (κ1) is 14.1. The van der Waals surface area contributed by atoms with Gasteiger partial charge in [0.25, 0.3) is 0 Å². The monoisotopic (exact) mass is 288 g/mol. The summed E-state index contributed by atoms with van der Waals surface area (Å²) >= 11 is 0. The number of fused-ring (bicyclic) bond motifs is 2. The first-order chi connectivity index (χ1) is 9.90. The lowest BCUT2D eigenvalue weighted by Gasteiger charge is -2.31. The molecule has 2 aliphatic carbocycles. The van der Waals surface area contributed by atoms with Crippen LogP contribution in [0.2, 0.25) is 0 Å². The van der Waals surface area contributed by atoms with E-state index in [0.29, 0.717) is 0 Å². The zero-order chi connectivity index (χ0) is 15.3. The molecule has 0 aromatic heterocycles. The van der Waals surface area contributed by atoms with Gasteiger partial charge in [-0.2, -0.15) is 0 Å². The van der Waals surface area contributed by atoms with Crippen LogP contribution in [-0.4, -0.2) is 22.2 Å². The molecule has 112 valence electrons. The minimum Gasteiger partial charge on any atom is -0.481 e. The molecule has 5 unspecified atom stereocenters. The van der Waals surface area contributed by atoms with Gasteiger partial charge in [-0.3, -0.25) is 9.59 Å². The van der Waals surface area contributed by atoms with Crippen LogP contribution in [0, 0.1) is 37.5 Å². The van der Waals surface area contributed by atoms with Crippen LogP contribution in [-0.2, 0) is 9.59 Å². The van der Waals surface area contributed by atoms with Crippen LogP contribution < -0.4 is 0 Å². The van der Waals surface area contributed by atoms with Crippen molar-refractivity contribution in [1.82, 2.24) is 0 Å². The van der Waals surface area contributed by atoms with E-state index in [1.807, 2.05) is 0 Å². The van der Waals surface area contributed by atoms with Gasteiger partial charge in [-0.25, -0.2) is 0 Å². The molecule has 4 nitrogen and oxygen atoms in total. The highest BCUT2D eigenvalue weighted by atomic mass is 16.4. The molecule has 21 heavy (non-hydrogen) atoms. The molecule has 0 spiro atoms. The standard InChI is InChI=1S/C17H20O4/c1-8-3-4-10(5-9(8)2)12-6-11-7-13(12)15(17(20)21)14(11)16(18)19/h3-5,11-15H,6-7H2,1-2H3,(H,18,19)(H,20,21). The average Bonchev–Trinajstić information content (AvgIpc) is 2.99. The number of hydrogen-bond acceptors (Lipinski definition) is 2. The molecule has 1 aromatic rings. The molecule has 4 heteroatoms. The molecule has 2 saturated carbocycles. The Hall–Kier alpha value is -1.84. The molecule has 0 aliphatic heterocycles. The second-order valence-electron chi connectivity index (χ2n) is 6.57. The number of carboxylic acids is 2. The zero-order valence-electron chi connectivity index (χ0n) is 12.2. The van der Waals surface area contributed by atoms with Crippen molar-refractivity contribution in [2.75, 3.05) is 0 Å². The first-order valence-corrected chi connectivity index (χ1v) is 7.43. The van der Waals surface area contributed by atoms with E-state index in [2.05, 4.69) is 32.0 Å². The summed E-state index contributed by atoms with van der Waals surface area (Å²) in [6.07, 6.45) is 1.53. The smallest absolute Gasteiger partial charge is 0.307 e. The molecule has 0 radical (unpaired) electrons. The number of carbonyl (C=O) groups is 2. The molecule has 3 rings (SSSR count). The van der Waals surface area contributed by atoms with E-state index in [1.165, 1.54) is 16.7 Å². The molecular weight excluding hydrogens is 268 g/mol. The summed E-state index contributed by atoms with van der Waals surface area (Å²) in [5.41, 5.74) is 3.60. The topological polar surface area (TPSA) is 74.6 Å². The third kappa shape index (κ3) is 2.13. The highest BCUT2D eigenvalue weighted by molar-refractivity contribution is 5.82. The maximum absolute atomic E-state index is 11.5. The van der Waals surface area contributed by atoms with Gasteiger partial charge in [-0.1, -0.05) is 18.2 Å². The van der Waals surface area contributed by atoms with Crippen molar-refractivity contribution >= 4 is 11.9 Å². The molecular formula is C17H20O4. The van der Waals surface area contributed by atoms with Crippen molar-refractivity contribution in [3.8, 4) is 0 Å². The quantitative estimate of drug-likeness (QED) is 0.897. The van der Waals surface area contributed by atoms with E-state index >= 15 is 0 Å². The van der Waals surface area contributed by atoms with Crippen LogP contribution in [0.1, 0.15) is 35.4 Å².